The SMILES string of the molecule is COc1ccc(Sc2sc([C@@H](C)O)cc2[N+](=O)[O-])cc1. The van der Waals surface area contributed by atoms with Gasteiger partial charge in [-0.05, 0) is 31.2 Å². The van der Waals surface area contributed by atoms with Crippen molar-refractivity contribution in [3.05, 3.63) is 45.3 Å². The van der Waals surface area contributed by atoms with E-state index in [2.05, 4.69) is 0 Å². The van der Waals surface area contributed by atoms with Crippen LogP contribution in [0, 0.1) is 10.1 Å². The van der Waals surface area contributed by atoms with Crippen LogP contribution in [0.25, 0.3) is 0 Å². The van der Waals surface area contributed by atoms with Crippen molar-refractivity contribution in [2.75, 3.05) is 7.11 Å². The van der Waals surface area contributed by atoms with Gasteiger partial charge in [0.05, 0.1) is 18.1 Å². The summed E-state index contributed by atoms with van der Waals surface area (Å²) < 4.78 is 5.63. The highest BCUT2D eigenvalue weighted by Gasteiger charge is 2.21. The van der Waals surface area contributed by atoms with E-state index in [1.165, 1.54) is 29.2 Å². The molecule has 0 unspecified atom stereocenters. The maximum absolute atomic E-state index is 11.0. The van der Waals surface area contributed by atoms with Crippen LogP contribution in [0.1, 0.15) is 17.9 Å². The molecule has 5 nitrogen and oxygen atoms in total. The van der Waals surface area contributed by atoms with E-state index >= 15 is 0 Å². The van der Waals surface area contributed by atoms with Crippen molar-refractivity contribution in [1.82, 2.24) is 0 Å². The molecule has 0 spiro atoms. The maximum Gasteiger partial charge on any atom is 0.294 e. The minimum absolute atomic E-state index is 0.0340. The molecule has 20 heavy (non-hydrogen) atoms. The third-order valence-electron chi connectivity index (χ3n) is 2.58. The van der Waals surface area contributed by atoms with Crippen molar-refractivity contribution in [1.29, 1.82) is 0 Å². The normalized spacial score (nSPS) is 12.2. The summed E-state index contributed by atoms with van der Waals surface area (Å²) in [5, 5.41) is 20.6. The minimum atomic E-state index is -0.705. The van der Waals surface area contributed by atoms with Gasteiger partial charge in [-0.1, -0.05) is 11.8 Å². The molecule has 0 amide bonds. The Morgan fingerprint density at radius 2 is 2.05 bits per heavy atom. The van der Waals surface area contributed by atoms with Gasteiger partial charge in [0.1, 0.15) is 9.96 Å². The topological polar surface area (TPSA) is 72.6 Å². The first-order valence-electron chi connectivity index (χ1n) is 5.79. The maximum atomic E-state index is 11.0. The smallest absolute Gasteiger partial charge is 0.294 e. The van der Waals surface area contributed by atoms with Gasteiger partial charge >= 0.3 is 0 Å². The van der Waals surface area contributed by atoms with Crippen LogP contribution in [0.5, 0.6) is 5.75 Å². The lowest BCUT2D eigenvalue weighted by molar-refractivity contribution is -0.387. The fourth-order valence-corrected chi connectivity index (χ4v) is 3.80. The molecule has 0 fully saturated rings. The van der Waals surface area contributed by atoms with Gasteiger partial charge in [0.15, 0.2) is 0 Å². The number of nitro groups is 1. The first kappa shape index (κ1) is 14.8. The molecule has 0 aliphatic rings. The van der Waals surface area contributed by atoms with Gasteiger partial charge in [-0.3, -0.25) is 10.1 Å². The van der Waals surface area contributed by atoms with E-state index in [-0.39, 0.29) is 5.69 Å². The van der Waals surface area contributed by atoms with Gasteiger partial charge in [0, 0.05) is 15.8 Å². The van der Waals surface area contributed by atoms with Crippen molar-refractivity contribution < 1.29 is 14.8 Å². The Hall–Kier alpha value is -1.57. The molecule has 1 N–H and O–H groups in total. The lowest BCUT2D eigenvalue weighted by Gasteiger charge is -2.01. The monoisotopic (exact) mass is 311 g/mol. The number of benzene rings is 1. The number of ether oxygens (including phenoxy) is 1. The Kier molecular flexibility index (Phi) is 4.64. The minimum Gasteiger partial charge on any atom is -0.497 e. The number of thiophene rings is 1. The van der Waals surface area contributed by atoms with Crippen LogP contribution in [0.4, 0.5) is 5.69 Å². The number of hydrogen-bond acceptors (Lipinski definition) is 6. The number of aliphatic hydroxyl groups excluding tert-OH is 1. The molecular formula is C13H13NO4S2. The van der Waals surface area contributed by atoms with Crippen molar-refractivity contribution in [2.24, 2.45) is 0 Å². The molecule has 0 saturated carbocycles. The standard InChI is InChI=1S/C13H13NO4S2/c1-8(15)12-7-11(14(16)17)13(20-12)19-10-5-3-9(18-2)4-6-10/h3-8,15H,1-2H3/t8-/m1/s1. The summed E-state index contributed by atoms with van der Waals surface area (Å²) in [6.07, 6.45) is -0.705. The third-order valence-corrected chi connectivity index (χ3v) is 5.07. The fourth-order valence-electron chi connectivity index (χ4n) is 1.54. The molecule has 2 rings (SSSR count). The zero-order valence-electron chi connectivity index (χ0n) is 10.9. The second-order valence-corrected chi connectivity index (χ2v) is 6.46. The molecule has 0 bridgehead atoms. The molecule has 1 atom stereocenters. The average Bonchev–Trinajstić information content (AvgIpc) is 2.84. The lowest BCUT2D eigenvalue weighted by Crippen LogP contribution is -1.87. The van der Waals surface area contributed by atoms with Crippen LogP contribution in [0.15, 0.2) is 39.4 Å². The molecule has 1 aromatic heterocycles. The Morgan fingerprint density at radius 3 is 2.55 bits per heavy atom. The quantitative estimate of drug-likeness (QED) is 0.670. The van der Waals surface area contributed by atoms with Crippen LogP contribution < -0.4 is 4.74 Å². The number of aliphatic hydroxyl groups is 1. The summed E-state index contributed by atoms with van der Waals surface area (Å²) in [6.45, 7) is 1.59. The summed E-state index contributed by atoms with van der Waals surface area (Å²) in [5.74, 6) is 0.736. The van der Waals surface area contributed by atoms with Crippen LogP contribution in [0.2, 0.25) is 0 Å². The largest absolute Gasteiger partial charge is 0.497 e. The van der Waals surface area contributed by atoms with Crippen LogP contribution in [-0.2, 0) is 0 Å². The molecule has 0 saturated heterocycles. The summed E-state index contributed by atoms with van der Waals surface area (Å²) in [6, 6.07) is 8.72. The number of rotatable bonds is 5. The van der Waals surface area contributed by atoms with Gasteiger partial charge in [-0.15, -0.1) is 11.3 Å². The van der Waals surface area contributed by atoms with Crippen molar-refractivity contribution in [2.45, 2.75) is 22.1 Å². The van der Waals surface area contributed by atoms with E-state index in [9.17, 15) is 15.2 Å². The van der Waals surface area contributed by atoms with E-state index < -0.39 is 11.0 Å². The van der Waals surface area contributed by atoms with Crippen molar-refractivity contribution in [3.8, 4) is 5.75 Å². The fraction of sp³-hybridized carbons (Fsp3) is 0.231. The van der Waals surface area contributed by atoms with E-state index in [1.54, 1.807) is 26.2 Å². The molecule has 1 aromatic carbocycles. The molecule has 7 heteroatoms. The molecule has 0 radical (unpaired) electrons. The molecule has 0 aliphatic carbocycles. The van der Waals surface area contributed by atoms with E-state index in [1.807, 2.05) is 12.1 Å². The first-order chi connectivity index (χ1) is 9.51. The summed E-state index contributed by atoms with van der Waals surface area (Å²) in [4.78, 5) is 12.1. The van der Waals surface area contributed by atoms with Crippen LogP contribution >= 0.6 is 23.1 Å². The number of hydrogen-bond donors (Lipinski definition) is 1. The van der Waals surface area contributed by atoms with E-state index in [0.29, 0.717) is 9.09 Å². The summed E-state index contributed by atoms with van der Waals surface area (Å²) >= 11 is 2.55. The Labute approximate surface area is 124 Å². The molecule has 106 valence electrons. The highest BCUT2D eigenvalue weighted by atomic mass is 32.2. The van der Waals surface area contributed by atoms with Crippen molar-refractivity contribution in [3.63, 3.8) is 0 Å². The highest BCUT2D eigenvalue weighted by Crippen LogP contribution is 2.43. The molecule has 1 heterocycles. The second-order valence-electron chi connectivity index (χ2n) is 4.03. The van der Waals surface area contributed by atoms with E-state index in [0.717, 1.165) is 10.6 Å². The Balaban J connectivity index is 2.29. The van der Waals surface area contributed by atoms with E-state index in [4.69, 9.17) is 4.74 Å². The summed E-state index contributed by atoms with van der Waals surface area (Å²) in [5.41, 5.74) is 0.0340. The molecule has 2 aromatic rings. The van der Waals surface area contributed by atoms with Crippen molar-refractivity contribution >= 4 is 28.8 Å². The lowest BCUT2D eigenvalue weighted by atomic mass is 10.3. The predicted molar refractivity (Wildman–Crippen MR) is 78.7 cm³/mol. The predicted octanol–water partition coefficient (Wildman–Crippen LogP) is 3.87. The first-order valence-corrected chi connectivity index (χ1v) is 7.42. The van der Waals surface area contributed by atoms with Crippen LogP contribution in [0.3, 0.4) is 0 Å². The molecule has 0 aliphatic heterocycles. The van der Waals surface area contributed by atoms with Crippen LogP contribution in [-0.4, -0.2) is 17.1 Å². The van der Waals surface area contributed by atoms with Gasteiger partial charge in [-0.2, -0.15) is 0 Å². The second kappa shape index (κ2) is 6.25. The Bertz CT molecular complexity index is 607. The zero-order valence-corrected chi connectivity index (χ0v) is 12.5. The van der Waals surface area contributed by atoms with Gasteiger partial charge in [-0.25, -0.2) is 0 Å². The molecular weight excluding hydrogens is 298 g/mol. The number of methoxy groups -OCH3 is 1. The highest BCUT2D eigenvalue weighted by molar-refractivity contribution is 8.01. The third kappa shape index (κ3) is 3.30. The van der Waals surface area contributed by atoms with Gasteiger partial charge in [0.25, 0.3) is 5.69 Å². The van der Waals surface area contributed by atoms with Gasteiger partial charge < -0.3 is 9.84 Å². The zero-order chi connectivity index (χ0) is 14.7. The Morgan fingerprint density at radius 1 is 1.40 bits per heavy atom. The average molecular weight is 311 g/mol. The van der Waals surface area contributed by atoms with Gasteiger partial charge in [0.2, 0.25) is 0 Å². The number of nitrogens with zero attached hydrogens (tertiary/aromatic N) is 1. The summed E-state index contributed by atoms with van der Waals surface area (Å²) in [7, 11) is 1.58.